The number of benzene rings is 2. The number of nitrogens with two attached hydrogens (primary N) is 1. The van der Waals surface area contributed by atoms with E-state index < -0.39 is 16.1 Å². The summed E-state index contributed by atoms with van der Waals surface area (Å²) in [5, 5.41) is 18.7. The summed E-state index contributed by atoms with van der Waals surface area (Å²) in [5.41, 5.74) is 1.73. The molecule has 144 valence electrons. The van der Waals surface area contributed by atoms with Gasteiger partial charge in [0.1, 0.15) is 4.90 Å². The van der Waals surface area contributed by atoms with Gasteiger partial charge in [0.15, 0.2) is 0 Å². The molecule has 0 aliphatic heterocycles. The number of halogens is 2. The van der Waals surface area contributed by atoms with Gasteiger partial charge in [-0.25, -0.2) is 13.6 Å². The number of aliphatic hydroxyl groups is 1. The molecule has 4 N–H and O–H groups in total. The Morgan fingerprint density at radius 2 is 1.85 bits per heavy atom. The van der Waals surface area contributed by atoms with E-state index in [2.05, 4.69) is 17.4 Å². The van der Waals surface area contributed by atoms with E-state index >= 15 is 0 Å². The Hall–Kier alpha value is -1.15. The van der Waals surface area contributed by atoms with E-state index in [0.717, 1.165) is 12.8 Å². The van der Waals surface area contributed by atoms with Crippen molar-refractivity contribution in [3.63, 3.8) is 0 Å². The smallest absolute Gasteiger partial charge is 0.239 e. The van der Waals surface area contributed by atoms with Crippen molar-refractivity contribution in [3.05, 3.63) is 64.7 Å². The number of primary sulfonamides is 1. The highest BCUT2D eigenvalue weighted by atomic mass is 35.5. The van der Waals surface area contributed by atoms with Crippen LogP contribution in [0.4, 0.5) is 0 Å². The maximum atomic E-state index is 11.5. The van der Waals surface area contributed by atoms with Gasteiger partial charge in [-0.15, -0.1) is 12.4 Å². The number of sulfonamides is 1. The van der Waals surface area contributed by atoms with Gasteiger partial charge in [0.25, 0.3) is 0 Å². The second-order valence-electron chi connectivity index (χ2n) is 6.08. The van der Waals surface area contributed by atoms with Crippen LogP contribution in [0.25, 0.3) is 0 Å². The molecular weight excluding hydrogens is 395 g/mol. The Morgan fingerprint density at radius 1 is 1.19 bits per heavy atom. The Balaban J connectivity index is 0.00000338. The van der Waals surface area contributed by atoms with Crippen LogP contribution in [-0.2, 0) is 16.4 Å². The molecule has 26 heavy (non-hydrogen) atoms. The highest BCUT2D eigenvalue weighted by molar-refractivity contribution is 7.89. The van der Waals surface area contributed by atoms with Gasteiger partial charge < -0.3 is 10.4 Å². The summed E-state index contributed by atoms with van der Waals surface area (Å²) >= 11 is 5.86. The van der Waals surface area contributed by atoms with Crippen LogP contribution in [0, 0.1) is 0 Å². The SMILES string of the molecule is CC(CCc1ccccc1)NCC(O)c1ccc(Cl)c(S(N)(=O)=O)c1.Cl. The minimum Gasteiger partial charge on any atom is -0.387 e. The first kappa shape index (κ1) is 22.9. The van der Waals surface area contributed by atoms with Crippen LogP contribution in [0.5, 0.6) is 0 Å². The molecule has 5 nitrogen and oxygen atoms in total. The summed E-state index contributed by atoms with van der Waals surface area (Å²) in [5.74, 6) is 0. The maximum Gasteiger partial charge on any atom is 0.239 e. The molecule has 8 heteroatoms. The lowest BCUT2D eigenvalue weighted by molar-refractivity contribution is 0.170. The van der Waals surface area contributed by atoms with Gasteiger partial charge in [-0.1, -0.05) is 48.0 Å². The Kier molecular flexibility index (Phi) is 9.03. The van der Waals surface area contributed by atoms with E-state index in [9.17, 15) is 13.5 Å². The van der Waals surface area contributed by atoms with Gasteiger partial charge in [-0.05, 0) is 43.0 Å². The van der Waals surface area contributed by atoms with E-state index in [4.69, 9.17) is 16.7 Å². The molecule has 2 aromatic rings. The standard InChI is InChI=1S/C18H23ClN2O3S.ClH/c1-13(7-8-14-5-3-2-4-6-14)21-12-17(22)15-9-10-16(19)18(11-15)25(20,23)24;/h2-6,9-11,13,17,21-22H,7-8,12H2,1H3,(H2,20,23,24);1H. The third-order valence-electron chi connectivity index (χ3n) is 4.02. The predicted molar refractivity (Wildman–Crippen MR) is 107 cm³/mol. The summed E-state index contributed by atoms with van der Waals surface area (Å²) in [6.07, 6.45) is 1.03. The van der Waals surface area contributed by atoms with Crippen molar-refractivity contribution in [2.45, 2.75) is 36.8 Å². The van der Waals surface area contributed by atoms with Crippen molar-refractivity contribution in [1.82, 2.24) is 5.32 Å². The van der Waals surface area contributed by atoms with E-state index in [1.807, 2.05) is 25.1 Å². The third kappa shape index (κ3) is 6.87. The Bertz CT molecular complexity index is 801. The van der Waals surface area contributed by atoms with Crippen molar-refractivity contribution in [2.24, 2.45) is 5.14 Å². The van der Waals surface area contributed by atoms with Crippen molar-refractivity contribution in [1.29, 1.82) is 0 Å². The van der Waals surface area contributed by atoms with Gasteiger partial charge in [0.05, 0.1) is 11.1 Å². The molecule has 0 saturated carbocycles. The molecule has 0 amide bonds. The number of rotatable bonds is 8. The molecule has 0 aliphatic carbocycles. The fourth-order valence-electron chi connectivity index (χ4n) is 2.51. The first-order chi connectivity index (χ1) is 11.8. The fourth-order valence-corrected chi connectivity index (χ4v) is 3.59. The van der Waals surface area contributed by atoms with Crippen LogP contribution in [0.15, 0.2) is 53.4 Å². The topological polar surface area (TPSA) is 92.4 Å². The van der Waals surface area contributed by atoms with E-state index in [1.54, 1.807) is 6.07 Å². The first-order valence-electron chi connectivity index (χ1n) is 8.05. The number of nitrogens with one attached hydrogen (secondary N) is 1. The second-order valence-corrected chi connectivity index (χ2v) is 8.02. The fraction of sp³-hybridized carbons (Fsp3) is 0.333. The molecule has 2 rings (SSSR count). The Morgan fingerprint density at radius 3 is 2.46 bits per heavy atom. The quantitative estimate of drug-likeness (QED) is 0.613. The lowest BCUT2D eigenvalue weighted by Crippen LogP contribution is -2.31. The average molecular weight is 419 g/mol. The minimum atomic E-state index is -3.92. The van der Waals surface area contributed by atoms with Gasteiger partial charge in [-0.3, -0.25) is 0 Å². The second kappa shape index (κ2) is 10.3. The minimum absolute atomic E-state index is 0. The molecule has 0 bridgehead atoms. The number of hydrogen-bond acceptors (Lipinski definition) is 4. The van der Waals surface area contributed by atoms with Gasteiger partial charge in [0.2, 0.25) is 10.0 Å². The predicted octanol–water partition coefficient (Wildman–Crippen LogP) is 3.05. The first-order valence-corrected chi connectivity index (χ1v) is 9.97. The van der Waals surface area contributed by atoms with Crippen molar-refractivity contribution < 1.29 is 13.5 Å². The molecule has 2 atom stereocenters. The lowest BCUT2D eigenvalue weighted by Gasteiger charge is -2.18. The van der Waals surface area contributed by atoms with Crippen molar-refractivity contribution in [2.75, 3.05) is 6.54 Å². The molecule has 2 unspecified atom stereocenters. The summed E-state index contributed by atoms with van der Waals surface area (Å²) < 4.78 is 23.0. The highest BCUT2D eigenvalue weighted by Crippen LogP contribution is 2.24. The lowest BCUT2D eigenvalue weighted by atomic mass is 10.1. The normalized spacial score (nSPS) is 13.7. The maximum absolute atomic E-state index is 11.5. The monoisotopic (exact) mass is 418 g/mol. The molecule has 0 heterocycles. The molecule has 0 aromatic heterocycles. The number of aryl methyl sites for hydroxylation is 1. The highest BCUT2D eigenvalue weighted by Gasteiger charge is 2.17. The molecule has 0 aliphatic rings. The number of hydrogen-bond donors (Lipinski definition) is 3. The average Bonchev–Trinajstić information content (AvgIpc) is 2.58. The van der Waals surface area contributed by atoms with Crippen LogP contribution in [0.2, 0.25) is 5.02 Å². The van der Waals surface area contributed by atoms with Crippen molar-refractivity contribution in [3.8, 4) is 0 Å². The van der Waals surface area contributed by atoms with Crippen molar-refractivity contribution >= 4 is 34.0 Å². The summed E-state index contributed by atoms with van der Waals surface area (Å²) in [6, 6.07) is 14.7. The zero-order chi connectivity index (χ0) is 18.4. The summed E-state index contributed by atoms with van der Waals surface area (Å²) in [7, 11) is -3.92. The van der Waals surface area contributed by atoms with Gasteiger partial charge in [0, 0.05) is 12.6 Å². The van der Waals surface area contributed by atoms with E-state index in [1.165, 1.54) is 17.7 Å². The van der Waals surface area contributed by atoms with Crippen LogP contribution in [0.3, 0.4) is 0 Å². The third-order valence-corrected chi connectivity index (χ3v) is 5.41. The molecule has 0 saturated heterocycles. The van der Waals surface area contributed by atoms with Crippen LogP contribution >= 0.6 is 24.0 Å². The van der Waals surface area contributed by atoms with E-state index in [-0.39, 0.29) is 28.4 Å². The van der Waals surface area contributed by atoms with E-state index in [0.29, 0.717) is 12.1 Å². The summed E-state index contributed by atoms with van der Waals surface area (Å²) in [4.78, 5) is -0.178. The van der Waals surface area contributed by atoms with Gasteiger partial charge >= 0.3 is 0 Å². The largest absolute Gasteiger partial charge is 0.387 e. The molecule has 0 fully saturated rings. The van der Waals surface area contributed by atoms with Gasteiger partial charge in [-0.2, -0.15) is 0 Å². The van der Waals surface area contributed by atoms with Crippen LogP contribution in [0.1, 0.15) is 30.6 Å². The van der Waals surface area contributed by atoms with Crippen LogP contribution < -0.4 is 10.5 Å². The summed E-state index contributed by atoms with van der Waals surface area (Å²) in [6.45, 7) is 2.36. The Labute approximate surface area is 166 Å². The zero-order valence-corrected chi connectivity index (χ0v) is 16.8. The molecule has 0 spiro atoms. The van der Waals surface area contributed by atoms with Crippen LogP contribution in [-0.4, -0.2) is 26.1 Å². The molecule has 2 aromatic carbocycles. The molecular formula is C18H24Cl2N2O3S. The zero-order valence-electron chi connectivity index (χ0n) is 14.4. The molecule has 0 radical (unpaired) electrons. The number of aliphatic hydroxyl groups excluding tert-OH is 1.